The molecule has 92 valence electrons. The number of anilines is 1. The van der Waals surface area contributed by atoms with Gasteiger partial charge in [-0.25, -0.2) is 0 Å². The normalized spacial score (nSPS) is 23.7. The van der Waals surface area contributed by atoms with Crippen LogP contribution in [0.4, 0.5) is 5.69 Å². The monoisotopic (exact) mass is 298 g/mol. The highest BCUT2D eigenvalue weighted by Crippen LogP contribution is 2.24. The van der Waals surface area contributed by atoms with Gasteiger partial charge in [0, 0.05) is 10.5 Å². The summed E-state index contributed by atoms with van der Waals surface area (Å²) in [6.45, 7) is 2.83. The Bertz CT molecular complexity index is 437. The van der Waals surface area contributed by atoms with Gasteiger partial charge >= 0.3 is 0 Å². The molecule has 1 amide bonds. The van der Waals surface area contributed by atoms with Crippen molar-refractivity contribution in [3.8, 4) is 0 Å². The van der Waals surface area contributed by atoms with Crippen LogP contribution in [0, 0.1) is 12.8 Å². The number of ether oxygens (including phenoxy) is 1. The van der Waals surface area contributed by atoms with E-state index in [0.29, 0.717) is 13.2 Å². The summed E-state index contributed by atoms with van der Waals surface area (Å²) in [6, 6.07) is 5.60. The minimum atomic E-state index is -0.262. The van der Waals surface area contributed by atoms with Gasteiger partial charge in [0.2, 0.25) is 5.91 Å². The molecule has 2 unspecified atom stereocenters. The van der Waals surface area contributed by atoms with E-state index in [9.17, 15) is 4.79 Å². The molecule has 3 N–H and O–H groups in total. The number of hydrogen-bond donors (Lipinski definition) is 2. The second kappa shape index (κ2) is 5.16. The Kier molecular flexibility index (Phi) is 3.81. The number of amides is 1. The van der Waals surface area contributed by atoms with Gasteiger partial charge in [0.15, 0.2) is 0 Å². The molecule has 1 aromatic rings. The molecule has 2 atom stereocenters. The van der Waals surface area contributed by atoms with Gasteiger partial charge in [-0.2, -0.15) is 0 Å². The Morgan fingerprint density at radius 3 is 2.94 bits per heavy atom. The minimum absolute atomic E-state index is 0.0821. The molecule has 0 saturated carbocycles. The minimum Gasteiger partial charge on any atom is -0.379 e. The van der Waals surface area contributed by atoms with Crippen molar-refractivity contribution in [2.75, 3.05) is 18.5 Å². The first-order chi connectivity index (χ1) is 8.08. The molecule has 1 saturated heterocycles. The lowest BCUT2D eigenvalue weighted by Gasteiger charge is -2.14. The van der Waals surface area contributed by atoms with Gasteiger partial charge in [0.1, 0.15) is 0 Å². The van der Waals surface area contributed by atoms with Gasteiger partial charge in [-0.15, -0.1) is 0 Å². The van der Waals surface area contributed by atoms with Gasteiger partial charge in [0.25, 0.3) is 0 Å². The average molecular weight is 299 g/mol. The predicted octanol–water partition coefficient (Wildman–Crippen LogP) is 1.67. The summed E-state index contributed by atoms with van der Waals surface area (Å²) in [5, 5.41) is 2.88. The summed E-state index contributed by atoms with van der Waals surface area (Å²) < 4.78 is 6.05. The fraction of sp³-hybridized carbons (Fsp3) is 0.417. The van der Waals surface area contributed by atoms with Crippen molar-refractivity contribution in [1.29, 1.82) is 0 Å². The number of benzene rings is 1. The van der Waals surface area contributed by atoms with E-state index in [1.54, 1.807) is 0 Å². The Morgan fingerprint density at radius 2 is 2.29 bits per heavy atom. The first-order valence-corrected chi connectivity index (χ1v) is 6.27. The van der Waals surface area contributed by atoms with Gasteiger partial charge in [-0.05, 0) is 40.5 Å². The first kappa shape index (κ1) is 12.5. The number of carbonyl (C=O) groups excluding carboxylic acids is 1. The lowest BCUT2D eigenvalue weighted by molar-refractivity contribution is -0.120. The Morgan fingerprint density at radius 1 is 1.53 bits per heavy atom. The second-order valence-corrected chi connectivity index (χ2v) is 5.13. The number of aryl methyl sites for hydroxylation is 1. The van der Waals surface area contributed by atoms with Crippen LogP contribution in [0.5, 0.6) is 0 Å². The zero-order valence-corrected chi connectivity index (χ0v) is 11.2. The molecule has 17 heavy (non-hydrogen) atoms. The van der Waals surface area contributed by atoms with Crippen LogP contribution in [-0.2, 0) is 9.53 Å². The summed E-state index contributed by atoms with van der Waals surface area (Å²) >= 11 is 3.41. The van der Waals surface area contributed by atoms with Gasteiger partial charge in [0.05, 0.1) is 24.8 Å². The molecule has 0 bridgehead atoms. The fourth-order valence-corrected chi connectivity index (χ4v) is 2.15. The number of carbonyl (C=O) groups is 1. The number of hydrogen-bond acceptors (Lipinski definition) is 3. The highest BCUT2D eigenvalue weighted by atomic mass is 79.9. The maximum atomic E-state index is 12.0. The Hall–Kier alpha value is -0.910. The van der Waals surface area contributed by atoms with E-state index in [4.69, 9.17) is 10.5 Å². The number of halogens is 1. The van der Waals surface area contributed by atoms with Crippen molar-refractivity contribution in [3.05, 3.63) is 28.2 Å². The Labute approximate surface area is 109 Å². The molecule has 5 heteroatoms. The molecule has 0 aliphatic carbocycles. The van der Waals surface area contributed by atoms with E-state index in [1.165, 1.54) is 0 Å². The van der Waals surface area contributed by atoms with Crippen molar-refractivity contribution in [1.82, 2.24) is 0 Å². The molecular formula is C12H15BrN2O2. The number of nitrogens with one attached hydrogen (secondary N) is 1. The largest absolute Gasteiger partial charge is 0.379 e. The van der Waals surface area contributed by atoms with Crippen molar-refractivity contribution in [2.24, 2.45) is 11.7 Å². The number of rotatable bonds is 2. The molecule has 1 heterocycles. The van der Waals surface area contributed by atoms with Crippen LogP contribution >= 0.6 is 15.9 Å². The molecule has 0 radical (unpaired) electrons. The van der Waals surface area contributed by atoms with E-state index in [1.807, 2.05) is 25.1 Å². The van der Waals surface area contributed by atoms with Gasteiger partial charge in [-0.1, -0.05) is 6.07 Å². The molecule has 0 aromatic heterocycles. The quantitative estimate of drug-likeness (QED) is 0.873. The molecular weight excluding hydrogens is 284 g/mol. The van der Waals surface area contributed by atoms with Crippen LogP contribution in [0.25, 0.3) is 0 Å². The Balaban J connectivity index is 2.10. The van der Waals surface area contributed by atoms with Crippen LogP contribution in [0.1, 0.15) is 5.56 Å². The van der Waals surface area contributed by atoms with E-state index < -0.39 is 0 Å². The second-order valence-electron chi connectivity index (χ2n) is 4.28. The summed E-state index contributed by atoms with van der Waals surface area (Å²) in [5.41, 5.74) is 7.67. The van der Waals surface area contributed by atoms with Crippen LogP contribution in [-0.4, -0.2) is 25.2 Å². The van der Waals surface area contributed by atoms with Crippen LogP contribution in [0.2, 0.25) is 0 Å². The summed E-state index contributed by atoms with van der Waals surface area (Å²) in [4.78, 5) is 12.0. The van der Waals surface area contributed by atoms with Crippen molar-refractivity contribution >= 4 is 27.5 Å². The van der Waals surface area contributed by atoms with Crippen molar-refractivity contribution in [2.45, 2.75) is 13.0 Å². The van der Waals surface area contributed by atoms with E-state index in [0.717, 1.165) is 15.7 Å². The molecule has 1 aliphatic rings. The average Bonchev–Trinajstić information content (AvgIpc) is 2.70. The van der Waals surface area contributed by atoms with Crippen LogP contribution in [0.15, 0.2) is 22.7 Å². The SMILES string of the molecule is Cc1ccc(Br)c(NC(=O)C2COCC2N)c1. The highest BCUT2D eigenvalue weighted by Gasteiger charge is 2.31. The molecule has 0 spiro atoms. The highest BCUT2D eigenvalue weighted by molar-refractivity contribution is 9.10. The molecule has 1 aliphatic heterocycles. The van der Waals surface area contributed by atoms with Gasteiger partial charge < -0.3 is 15.8 Å². The lowest BCUT2D eigenvalue weighted by Crippen LogP contribution is -2.37. The van der Waals surface area contributed by atoms with Crippen molar-refractivity contribution < 1.29 is 9.53 Å². The first-order valence-electron chi connectivity index (χ1n) is 5.48. The zero-order valence-electron chi connectivity index (χ0n) is 9.57. The van der Waals surface area contributed by atoms with Crippen LogP contribution < -0.4 is 11.1 Å². The molecule has 1 fully saturated rings. The summed E-state index contributed by atoms with van der Waals surface area (Å²) in [5.74, 6) is -0.344. The summed E-state index contributed by atoms with van der Waals surface area (Å²) in [7, 11) is 0. The molecule has 1 aromatic carbocycles. The maximum absolute atomic E-state index is 12.0. The van der Waals surface area contributed by atoms with E-state index in [-0.39, 0.29) is 17.9 Å². The standard InChI is InChI=1S/C12H15BrN2O2/c1-7-2-3-9(13)11(4-7)15-12(16)8-5-17-6-10(8)14/h2-4,8,10H,5-6,14H2,1H3,(H,15,16). The van der Waals surface area contributed by atoms with Crippen molar-refractivity contribution in [3.63, 3.8) is 0 Å². The maximum Gasteiger partial charge on any atom is 0.231 e. The zero-order chi connectivity index (χ0) is 12.4. The third-order valence-corrected chi connectivity index (χ3v) is 3.53. The smallest absolute Gasteiger partial charge is 0.231 e. The van der Waals surface area contributed by atoms with Crippen LogP contribution in [0.3, 0.4) is 0 Å². The topological polar surface area (TPSA) is 64.3 Å². The lowest BCUT2D eigenvalue weighted by atomic mass is 10.0. The van der Waals surface area contributed by atoms with Gasteiger partial charge in [-0.3, -0.25) is 4.79 Å². The molecule has 4 nitrogen and oxygen atoms in total. The third kappa shape index (κ3) is 2.86. The van der Waals surface area contributed by atoms with E-state index in [2.05, 4.69) is 21.2 Å². The fourth-order valence-electron chi connectivity index (χ4n) is 1.80. The number of nitrogens with two attached hydrogens (primary N) is 1. The van der Waals surface area contributed by atoms with E-state index >= 15 is 0 Å². The third-order valence-electron chi connectivity index (χ3n) is 2.84. The molecule has 2 rings (SSSR count). The predicted molar refractivity (Wildman–Crippen MR) is 69.8 cm³/mol. The summed E-state index contributed by atoms with van der Waals surface area (Å²) in [6.07, 6.45) is 0.